The van der Waals surface area contributed by atoms with Crippen LogP contribution >= 0.6 is 0 Å². The lowest BCUT2D eigenvalue weighted by molar-refractivity contribution is 0.0403. The summed E-state index contributed by atoms with van der Waals surface area (Å²) in [6.45, 7) is 4.25. The first-order valence-electron chi connectivity index (χ1n) is 7.68. The van der Waals surface area contributed by atoms with Gasteiger partial charge in [0.25, 0.3) is 0 Å². The second-order valence-corrected chi connectivity index (χ2v) is 6.85. The topological polar surface area (TPSA) is 34.3 Å². The van der Waals surface area contributed by atoms with E-state index in [0.29, 0.717) is 24.4 Å². The first-order chi connectivity index (χ1) is 8.79. The van der Waals surface area contributed by atoms with E-state index < -0.39 is 0 Å². The minimum absolute atomic E-state index is 0.574. The van der Waals surface area contributed by atoms with E-state index in [1.165, 1.54) is 32.1 Å². The van der Waals surface area contributed by atoms with Gasteiger partial charge < -0.3 is 14.2 Å². The summed E-state index contributed by atoms with van der Waals surface area (Å²) < 4.78 is 17.2. The molecule has 0 N–H and O–H groups in total. The van der Waals surface area contributed by atoms with E-state index in [-0.39, 0.29) is 0 Å². The lowest BCUT2D eigenvalue weighted by atomic mass is 9.81. The molecular formula is C15H24O3. The van der Waals surface area contributed by atoms with Crippen molar-refractivity contribution < 1.29 is 14.2 Å². The van der Waals surface area contributed by atoms with Gasteiger partial charge in [-0.2, -0.15) is 0 Å². The van der Waals surface area contributed by atoms with E-state index in [1.807, 2.05) is 0 Å². The second-order valence-electron chi connectivity index (χ2n) is 6.85. The van der Waals surface area contributed by atoms with Crippen molar-refractivity contribution in [1.29, 1.82) is 0 Å². The Balaban J connectivity index is 1.19. The van der Waals surface area contributed by atoms with Crippen LogP contribution in [0.5, 0.6) is 0 Å². The highest BCUT2D eigenvalue weighted by atomic mass is 16.6. The predicted molar refractivity (Wildman–Crippen MR) is 67.4 cm³/mol. The minimum atomic E-state index is 0.574. The van der Waals surface area contributed by atoms with Gasteiger partial charge in [-0.25, -0.2) is 0 Å². The first-order valence-corrected chi connectivity index (χ1v) is 7.68. The molecule has 0 amide bonds. The van der Waals surface area contributed by atoms with E-state index in [0.717, 1.165) is 31.0 Å². The number of rotatable bonds is 4. The molecule has 102 valence electrons. The van der Waals surface area contributed by atoms with Crippen LogP contribution in [0, 0.1) is 17.8 Å². The van der Waals surface area contributed by atoms with Gasteiger partial charge in [0, 0.05) is 13.2 Å². The molecule has 0 bridgehead atoms. The van der Waals surface area contributed by atoms with Gasteiger partial charge >= 0.3 is 0 Å². The highest BCUT2D eigenvalue weighted by Gasteiger charge is 2.47. The average Bonchev–Trinajstić information content (AvgIpc) is 3.22. The summed E-state index contributed by atoms with van der Waals surface area (Å²) in [6, 6.07) is 0. The highest BCUT2D eigenvalue weighted by Crippen LogP contribution is 2.43. The second kappa shape index (κ2) is 4.46. The third-order valence-electron chi connectivity index (χ3n) is 5.43. The summed E-state index contributed by atoms with van der Waals surface area (Å²) in [5.74, 6) is 2.25. The fraction of sp³-hybridized carbons (Fsp3) is 1.00. The number of fused-ring (bicyclic) bond motifs is 2. The average molecular weight is 252 g/mol. The van der Waals surface area contributed by atoms with Crippen LogP contribution in [-0.2, 0) is 14.2 Å². The highest BCUT2D eigenvalue weighted by molar-refractivity contribution is 4.95. The summed E-state index contributed by atoms with van der Waals surface area (Å²) >= 11 is 0. The Morgan fingerprint density at radius 1 is 0.889 bits per heavy atom. The van der Waals surface area contributed by atoms with E-state index in [4.69, 9.17) is 14.2 Å². The standard InChI is InChI=1S/C15H24O3/c1-9-4-13-15(18-13)6-11(9)8-16-7-10-2-3-12-14(5-10)17-12/h9-15H,2-8H2,1H3/t9-,10+,11+,12+,13+,14+,15-/m0/s1. The molecule has 2 saturated heterocycles. The number of epoxide rings is 2. The molecule has 0 radical (unpaired) electrons. The van der Waals surface area contributed by atoms with E-state index >= 15 is 0 Å². The summed E-state index contributed by atoms with van der Waals surface area (Å²) in [7, 11) is 0. The molecule has 3 heteroatoms. The van der Waals surface area contributed by atoms with Gasteiger partial charge in [-0.1, -0.05) is 6.92 Å². The molecular weight excluding hydrogens is 228 g/mol. The third-order valence-corrected chi connectivity index (χ3v) is 5.43. The van der Waals surface area contributed by atoms with Crippen molar-refractivity contribution in [2.24, 2.45) is 17.8 Å². The normalized spacial score (nSPS) is 53.5. The Kier molecular flexibility index (Phi) is 2.90. The Morgan fingerprint density at radius 3 is 2.56 bits per heavy atom. The lowest BCUT2D eigenvalue weighted by Crippen LogP contribution is -2.27. The van der Waals surface area contributed by atoms with Crippen molar-refractivity contribution in [3.8, 4) is 0 Å². The van der Waals surface area contributed by atoms with Crippen molar-refractivity contribution >= 4 is 0 Å². The Labute approximate surface area is 109 Å². The van der Waals surface area contributed by atoms with Gasteiger partial charge in [-0.05, 0) is 49.9 Å². The summed E-state index contributed by atoms with van der Waals surface area (Å²) in [6.07, 6.45) is 8.64. The molecule has 2 aliphatic carbocycles. The lowest BCUT2D eigenvalue weighted by Gasteiger charge is -2.27. The maximum absolute atomic E-state index is 6.01. The van der Waals surface area contributed by atoms with Crippen LogP contribution in [0.25, 0.3) is 0 Å². The van der Waals surface area contributed by atoms with Crippen LogP contribution in [0.2, 0.25) is 0 Å². The quantitative estimate of drug-likeness (QED) is 0.720. The van der Waals surface area contributed by atoms with Gasteiger partial charge in [-0.3, -0.25) is 0 Å². The molecule has 4 fully saturated rings. The van der Waals surface area contributed by atoms with Crippen molar-refractivity contribution in [1.82, 2.24) is 0 Å². The molecule has 2 aliphatic heterocycles. The van der Waals surface area contributed by atoms with Crippen LogP contribution in [-0.4, -0.2) is 37.6 Å². The molecule has 2 saturated carbocycles. The van der Waals surface area contributed by atoms with Gasteiger partial charge in [-0.15, -0.1) is 0 Å². The smallest absolute Gasteiger partial charge is 0.0845 e. The van der Waals surface area contributed by atoms with Gasteiger partial charge in [0.05, 0.1) is 24.4 Å². The number of hydrogen-bond acceptors (Lipinski definition) is 3. The molecule has 0 aromatic heterocycles. The molecule has 7 atom stereocenters. The van der Waals surface area contributed by atoms with E-state index in [9.17, 15) is 0 Å². The molecule has 4 aliphatic rings. The fourth-order valence-electron chi connectivity index (χ4n) is 3.94. The number of hydrogen-bond donors (Lipinski definition) is 0. The zero-order valence-corrected chi connectivity index (χ0v) is 11.2. The van der Waals surface area contributed by atoms with E-state index in [1.54, 1.807) is 0 Å². The molecule has 0 aromatic carbocycles. The zero-order valence-electron chi connectivity index (χ0n) is 11.2. The molecule has 0 spiro atoms. The van der Waals surface area contributed by atoms with Crippen LogP contribution in [0.3, 0.4) is 0 Å². The maximum atomic E-state index is 6.01. The predicted octanol–water partition coefficient (Wildman–Crippen LogP) is 2.38. The summed E-state index contributed by atoms with van der Waals surface area (Å²) in [5, 5.41) is 0. The van der Waals surface area contributed by atoms with Crippen LogP contribution in [0.4, 0.5) is 0 Å². The third kappa shape index (κ3) is 2.33. The first kappa shape index (κ1) is 11.7. The summed E-state index contributed by atoms with van der Waals surface area (Å²) in [4.78, 5) is 0. The molecule has 18 heavy (non-hydrogen) atoms. The van der Waals surface area contributed by atoms with E-state index in [2.05, 4.69) is 6.92 Å². The minimum Gasteiger partial charge on any atom is -0.381 e. The van der Waals surface area contributed by atoms with Gasteiger partial charge in [0.2, 0.25) is 0 Å². The Bertz CT molecular complexity index is 319. The molecule has 2 heterocycles. The Morgan fingerprint density at radius 2 is 1.67 bits per heavy atom. The van der Waals surface area contributed by atoms with Crippen molar-refractivity contribution in [2.45, 2.75) is 63.4 Å². The molecule has 4 rings (SSSR count). The zero-order chi connectivity index (χ0) is 12.1. The SMILES string of the molecule is C[C@H]1C[C@H]2O[C@H]2C[C@@H]1COC[C@@H]1CC[C@H]2O[C@@H]2C1. The van der Waals surface area contributed by atoms with Crippen LogP contribution in [0.1, 0.15) is 39.0 Å². The fourth-order valence-corrected chi connectivity index (χ4v) is 3.94. The maximum Gasteiger partial charge on any atom is 0.0845 e. The monoisotopic (exact) mass is 252 g/mol. The van der Waals surface area contributed by atoms with Crippen LogP contribution in [0.15, 0.2) is 0 Å². The Hall–Kier alpha value is -0.120. The van der Waals surface area contributed by atoms with Gasteiger partial charge in [0.1, 0.15) is 0 Å². The van der Waals surface area contributed by atoms with Gasteiger partial charge in [0.15, 0.2) is 0 Å². The van der Waals surface area contributed by atoms with Crippen molar-refractivity contribution in [2.75, 3.05) is 13.2 Å². The summed E-state index contributed by atoms with van der Waals surface area (Å²) in [5.41, 5.74) is 0. The largest absolute Gasteiger partial charge is 0.381 e. The van der Waals surface area contributed by atoms with Crippen LogP contribution < -0.4 is 0 Å². The van der Waals surface area contributed by atoms with Crippen molar-refractivity contribution in [3.05, 3.63) is 0 Å². The molecule has 0 aromatic rings. The molecule has 3 nitrogen and oxygen atoms in total. The number of ether oxygens (including phenoxy) is 3. The molecule has 0 unspecified atom stereocenters. The van der Waals surface area contributed by atoms with Crippen molar-refractivity contribution in [3.63, 3.8) is 0 Å².